The molecule has 1 heterocycles. The van der Waals surface area contributed by atoms with E-state index < -0.39 is 0 Å². The molecular weight excluding hydrogens is 218 g/mol. The van der Waals surface area contributed by atoms with Gasteiger partial charge in [-0.25, -0.2) is 0 Å². The molecule has 0 aromatic heterocycles. The van der Waals surface area contributed by atoms with E-state index in [-0.39, 0.29) is 5.91 Å². The molecule has 0 radical (unpaired) electrons. The Bertz CT molecular complexity index is 218. The SMILES string of the molecule is COCCN(CCN)CC(=O)N1CCCCC1. The lowest BCUT2D eigenvalue weighted by Gasteiger charge is -2.29. The number of methoxy groups -OCH3 is 1. The Hall–Kier alpha value is -0.650. The van der Waals surface area contributed by atoms with Gasteiger partial charge in [0, 0.05) is 39.8 Å². The Labute approximate surface area is 104 Å². The minimum absolute atomic E-state index is 0.231. The van der Waals surface area contributed by atoms with E-state index in [2.05, 4.69) is 4.90 Å². The van der Waals surface area contributed by atoms with E-state index in [4.69, 9.17) is 10.5 Å². The summed E-state index contributed by atoms with van der Waals surface area (Å²) in [5.41, 5.74) is 5.55. The van der Waals surface area contributed by atoms with Crippen molar-refractivity contribution < 1.29 is 9.53 Å². The van der Waals surface area contributed by atoms with Crippen LogP contribution in [0.15, 0.2) is 0 Å². The molecule has 5 nitrogen and oxygen atoms in total. The van der Waals surface area contributed by atoms with Crippen LogP contribution in [0.3, 0.4) is 0 Å². The molecule has 0 atom stereocenters. The summed E-state index contributed by atoms with van der Waals surface area (Å²) in [4.78, 5) is 16.1. The first-order valence-corrected chi connectivity index (χ1v) is 6.47. The summed E-state index contributed by atoms with van der Waals surface area (Å²) in [7, 11) is 1.67. The predicted molar refractivity (Wildman–Crippen MR) is 67.8 cm³/mol. The fraction of sp³-hybridized carbons (Fsp3) is 0.917. The maximum atomic E-state index is 12.0. The van der Waals surface area contributed by atoms with E-state index in [9.17, 15) is 4.79 Å². The van der Waals surface area contributed by atoms with Crippen molar-refractivity contribution in [3.63, 3.8) is 0 Å². The third-order valence-corrected chi connectivity index (χ3v) is 3.12. The minimum atomic E-state index is 0.231. The molecule has 1 amide bonds. The van der Waals surface area contributed by atoms with Crippen molar-refractivity contribution in [3.8, 4) is 0 Å². The number of ether oxygens (including phenoxy) is 1. The van der Waals surface area contributed by atoms with Crippen LogP contribution in [0.25, 0.3) is 0 Å². The van der Waals surface area contributed by atoms with Gasteiger partial charge in [-0.05, 0) is 19.3 Å². The zero-order valence-electron chi connectivity index (χ0n) is 10.9. The molecule has 1 saturated heterocycles. The van der Waals surface area contributed by atoms with Crippen LogP contribution >= 0.6 is 0 Å². The van der Waals surface area contributed by atoms with E-state index >= 15 is 0 Å². The third kappa shape index (κ3) is 5.48. The highest BCUT2D eigenvalue weighted by Gasteiger charge is 2.18. The molecule has 0 spiro atoms. The molecule has 2 N–H and O–H groups in total. The molecule has 0 unspecified atom stereocenters. The van der Waals surface area contributed by atoms with Crippen molar-refractivity contribution in [2.24, 2.45) is 5.73 Å². The van der Waals surface area contributed by atoms with Gasteiger partial charge in [0.2, 0.25) is 5.91 Å². The highest BCUT2D eigenvalue weighted by molar-refractivity contribution is 5.78. The number of piperidine rings is 1. The number of carbonyl (C=O) groups excluding carboxylic acids is 1. The van der Waals surface area contributed by atoms with Crippen LogP contribution in [0.1, 0.15) is 19.3 Å². The van der Waals surface area contributed by atoms with Crippen LogP contribution in [-0.4, -0.2) is 68.7 Å². The molecule has 1 rings (SSSR count). The van der Waals surface area contributed by atoms with Crippen LogP contribution in [0.2, 0.25) is 0 Å². The second-order valence-corrected chi connectivity index (χ2v) is 4.50. The number of hydrogen-bond acceptors (Lipinski definition) is 4. The lowest BCUT2D eigenvalue weighted by atomic mass is 10.1. The zero-order valence-corrected chi connectivity index (χ0v) is 10.9. The van der Waals surface area contributed by atoms with Crippen molar-refractivity contribution in [1.82, 2.24) is 9.80 Å². The Morgan fingerprint density at radius 2 is 2.00 bits per heavy atom. The topological polar surface area (TPSA) is 58.8 Å². The average molecular weight is 243 g/mol. The number of rotatable bonds is 7. The Morgan fingerprint density at radius 3 is 2.59 bits per heavy atom. The van der Waals surface area contributed by atoms with Gasteiger partial charge in [-0.15, -0.1) is 0 Å². The molecule has 0 aliphatic carbocycles. The molecule has 17 heavy (non-hydrogen) atoms. The Balaban J connectivity index is 2.33. The number of amides is 1. The molecule has 0 aromatic carbocycles. The Kier molecular flexibility index (Phi) is 7.16. The van der Waals surface area contributed by atoms with Gasteiger partial charge in [0.25, 0.3) is 0 Å². The Morgan fingerprint density at radius 1 is 1.29 bits per heavy atom. The van der Waals surface area contributed by atoms with Crippen LogP contribution in [-0.2, 0) is 9.53 Å². The van der Waals surface area contributed by atoms with Crippen molar-refractivity contribution in [2.75, 3.05) is 53.0 Å². The second kappa shape index (κ2) is 8.44. The third-order valence-electron chi connectivity index (χ3n) is 3.12. The molecule has 1 aliphatic rings. The van der Waals surface area contributed by atoms with Gasteiger partial charge < -0.3 is 15.4 Å². The second-order valence-electron chi connectivity index (χ2n) is 4.50. The standard InChI is InChI=1S/C12H25N3O2/c1-17-10-9-14(8-5-13)11-12(16)15-6-3-2-4-7-15/h2-11,13H2,1H3. The van der Waals surface area contributed by atoms with Crippen LogP contribution in [0, 0.1) is 0 Å². The molecule has 1 fully saturated rings. The average Bonchev–Trinajstić information content (AvgIpc) is 2.37. The van der Waals surface area contributed by atoms with E-state index in [1.807, 2.05) is 4.90 Å². The van der Waals surface area contributed by atoms with Gasteiger partial charge in [-0.1, -0.05) is 0 Å². The van der Waals surface area contributed by atoms with E-state index in [0.29, 0.717) is 19.7 Å². The van der Waals surface area contributed by atoms with Crippen molar-refractivity contribution in [1.29, 1.82) is 0 Å². The molecule has 0 aromatic rings. The molecule has 0 saturated carbocycles. The number of carbonyl (C=O) groups is 1. The van der Waals surface area contributed by atoms with Gasteiger partial charge in [0.15, 0.2) is 0 Å². The lowest BCUT2D eigenvalue weighted by Crippen LogP contribution is -2.44. The first kappa shape index (κ1) is 14.4. The maximum absolute atomic E-state index is 12.0. The zero-order chi connectivity index (χ0) is 12.5. The van der Waals surface area contributed by atoms with Crippen LogP contribution in [0.5, 0.6) is 0 Å². The van der Waals surface area contributed by atoms with E-state index in [0.717, 1.165) is 39.0 Å². The van der Waals surface area contributed by atoms with Gasteiger partial charge >= 0.3 is 0 Å². The number of nitrogens with two attached hydrogens (primary N) is 1. The van der Waals surface area contributed by atoms with E-state index in [1.54, 1.807) is 7.11 Å². The minimum Gasteiger partial charge on any atom is -0.383 e. The summed E-state index contributed by atoms with van der Waals surface area (Å²) in [6, 6.07) is 0. The summed E-state index contributed by atoms with van der Waals surface area (Å²) in [5.74, 6) is 0.231. The largest absolute Gasteiger partial charge is 0.383 e. The molecule has 1 aliphatic heterocycles. The fourth-order valence-electron chi connectivity index (χ4n) is 2.11. The van der Waals surface area contributed by atoms with Crippen LogP contribution < -0.4 is 5.73 Å². The summed E-state index contributed by atoms with van der Waals surface area (Å²) < 4.78 is 5.04. The van der Waals surface area contributed by atoms with Crippen molar-refractivity contribution in [3.05, 3.63) is 0 Å². The van der Waals surface area contributed by atoms with Crippen LogP contribution in [0.4, 0.5) is 0 Å². The first-order chi connectivity index (χ1) is 8.27. The van der Waals surface area contributed by atoms with Gasteiger partial charge in [0.1, 0.15) is 0 Å². The summed E-state index contributed by atoms with van der Waals surface area (Å²) in [6.45, 7) is 5.06. The highest BCUT2D eigenvalue weighted by atomic mass is 16.5. The molecule has 100 valence electrons. The molecule has 5 heteroatoms. The summed E-state index contributed by atoms with van der Waals surface area (Å²) in [5, 5.41) is 0. The number of likely N-dealkylation sites (tertiary alicyclic amines) is 1. The van der Waals surface area contributed by atoms with Gasteiger partial charge in [-0.3, -0.25) is 9.69 Å². The number of nitrogens with zero attached hydrogens (tertiary/aromatic N) is 2. The predicted octanol–water partition coefficient (Wildman–Crippen LogP) is -0.0940. The highest BCUT2D eigenvalue weighted by Crippen LogP contribution is 2.09. The smallest absolute Gasteiger partial charge is 0.236 e. The monoisotopic (exact) mass is 243 g/mol. The lowest BCUT2D eigenvalue weighted by molar-refractivity contribution is -0.133. The van der Waals surface area contributed by atoms with Crippen molar-refractivity contribution >= 4 is 5.91 Å². The fourth-order valence-corrected chi connectivity index (χ4v) is 2.11. The van der Waals surface area contributed by atoms with Gasteiger partial charge in [-0.2, -0.15) is 0 Å². The molecular formula is C12H25N3O2. The summed E-state index contributed by atoms with van der Waals surface area (Å²) in [6.07, 6.45) is 3.53. The summed E-state index contributed by atoms with van der Waals surface area (Å²) >= 11 is 0. The normalized spacial score (nSPS) is 16.5. The first-order valence-electron chi connectivity index (χ1n) is 6.47. The maximum Gasteiger partial charge on any atom is 0.236 e. The number of hydrogen-bond donors (Lipinski definition) is 1. The van der Waals surface area contributed by atoms with Gasteiger partial charge in [0.05, 0.1) is 13.2 Å². The molecule has 0 bridgehead atoms. The van der Waals surface area contributed by atoms with Crippen molar-refractivity contribution in [2.45, 2.75) is 19.3 Å². The van der Waals surface area contributed by atoms with E-state index in [1.165, 1.54) is 6.42 Å². The quantitative estimate of drug-likeness (QED) is 0.679.